The van der Waals surface area contributed by atoms with Crippen molar-refractivity contribution >= 4 is 12.0 Å². The molecular formula is C19H23NO4. The van der Waals surface area contributed by atoms with Gasteiger partial charge in [0.2, 0.25) is 5.91 Å². The van der Waals surface area contributed by atoms with Crippen molar-refractivity contribution in [1.82, 2.24) is 5.32 Å². The van der Waals surface area contributed by atoms with Crippen molar-refractivity contribution in [2.45, 2.75) is 20.3 Å². The molecule has 0 radical (unpaired) electrons. The van der Waals surface area contributed by atoms with Gasteiger partial charge in [-0.25, -0.2) is 0 Å². The second-order valence-electron chi connectivity index (χ2n) is 5.04. The number of benzene rings is 1. The summed E-state index contributed by atoms with van der Waals surface area (Å²) in [6, 6.07) is 9.42. The van der Waals surface area contributed by atoms with Crippen LogP contribution in [-0.2, 0) is 11.2 Å². The molecule has 0 aliphatic heterocycles. The lowest BCUT2D eigenvalue weighted by molar-refractivity contribution is -0.116. The third kappa shape index (κ3) is 5.50. The SMILES string of the molecule is CCOc1ccc(CCNC(=O)/C=C/c2ccco2)cc1OCC. The van der Waals surface area contributed by atoms with E-state index in [1.807, 2.05) is 32.0 Å². The molecule has 0 unspecified atom stereocenters. The van der Waals surface area contributed by atoms with E-state index in [4.69, 9.17) is 13.9 Å². The van der Waals surface area contributed by atoms with Gasteiger partial charge in [0.15, 0.2) is 11.5 Å². The number of carbonyl (C=O) groups excluding carboxylic acids is 1. The monoisotopic (exact) mass is 329 g/mol. The van der Waals surface area contributed by atoms with Gasteiger partial charge < -0.3 is 19.2 Å². The molecule has 0 fully saturated rings. The van der Waals surface area contributed by atoms with Crippen LogP contribution in [0.25, 0.3) is 6.08 Å². The van der Waals surface area contributed by atoms with Gasteiger partial charge in [0.25, 0.3) is 0 Å². The van der Waals surface area contributed by atoms with Crippen LogP contribution >= 0.6 is 0 Å². The molecule has 0 aliphatic rings. The summed E-state index contributed by atoms with van der Waals surface area (Å²) < 4.78 is 16.3. The first-order valence-corrected chi connectivity index (χ1v) is 8.10. The van der Waals surface area contributed by atoms with Crippen molar-refractivity contribution in [3.63, 3.8) is 0 Å². The molecular weight excluding hydrogens is 306 g/mol. The van der Waals surface area contributed by atoms with Crippen molar-refractivity contribution in [2.75, 3.05) is 19.8 Å². The smallest absolute Gasteiger partial charge is 0.244 e. The number of hydrogen-bond donors (Lipinski definition) is 1. The van der Waals surface area contributed by atoms with Crippen molar-refractivity contribution < 1.29 is 18.7 Å². The summed E-state index contributed by atoms with van der Waals surface area (Å²) in [5.41, 5.74) is 1.08. The normalized spacial score (nSPS) is 10.8. The molecule has 0 atom stereocenters. The molecule has 2 aromatic rings. The topological polar surface area (TPSA) is 60.7 Å². The zero-order chi connectivity index (χ0) is 17.2. The third-order valence-corrected chi connectivity index (χ3v) is 3.26. The minimum absolute atomic E-state index is 0.151. The summed E-state index contributed by atoms with van der Waals surface area (Å²) in [5, 5.41) is 2.85. The number of hydrogen-bond acceptors (Lipinski definition) is 4. The van der Waals surface area contributed by atoms with Gasteiger partial charge in [-0.15, -0.1) is 0 Å². The highest BCUT2D eigenvalue weighted by atomic mass is 16.5. The molecule has 5 nitrogen and oxygen atoms in total. The quantitative estimate of drug-likeness (QED) is 0.716. The lowest BCUT2D eigenvalue weighted by Gasteiger charge is -2.12. The highest BCUT2D eigenvalue weighted by molar-refractivity contribution is 5.91. The number of furan rings is 1. The standard InChI is InChI=1S/C19H23NO4/c1-3-22-17-9-7-15(14-18(17)23-4-2)11-12-20-19(21)10-8-16-6-5-13-24-16/h5-10,13-14H,3-4,11-12H2,1-2H3,(H,20,21)/b10-8+. The number of rotatable bonds is 9. The number of carbonyl (C=O) groups is 1. The Bertz CT molecular complexity index is 662. The van der Waals surface area contributed by atoms with Crippen LogP contribution in [0, 0.1) is 0 Å². The Labute approximate surface area is 142 Å². The predicted octanol–water partition coefficient (Wildman–Crippen LogP) is 3.45. The molecule has 1 aromatic heterocycles. The molecule has 5 heteroatoms. The van der Waals surface area contributed by atoms with E-state index < -0.39 is 0 Å². The molecule has 0 aliphatic carbocycles. The van der Waals surface area contributed by atoms with Crippen molar-refractivity contribution in [2.24, 2.45) is 0 Å². The zero-order valence-electron chi connectivity index (χ0n) is 14.1. The summed E-state index contributed by atoms with van der Waals surface area (Å²) in [4.78, 5) is 11.8. The average Bonchev–Trinajstić information content (AvgIpc) is 3.09. The van der Waals surface area contributed by atoms with Gasteiger partial charge in [-0.2, -0.15) is 0 Å². The van der Waals surface area contributed by atoms with E-state index in [0.29, 0.717) is 31.9 Å². The third-order valence-electron chi connectivity index (χ3n) is 3.26. The Balaban J connectivity index is 1.85. The minimum Gasteiger partial charge on any atom is -0.490 e. The molecule has 128 valence electrons. The Morgan fingerprint density at radius 1 is 1.17 bits per heavy atom. The Morgan fingerprint density at radius 2 is 1.96 bits per heavy atom. The molecule has 24 heavy (non-hydrogen) atoms. The van der Waals surface area contributed by atoms with E-state index in [0.717, 1.165) is 17.1 Å². The molecule has 0 bridgehead atoms. The molecule has 1 N–H and O–H groups in total. The van der Waals surface area contributed by atoms with E-state index in [-0.39, 0.29) is 5.91 Å². The van der Waals surface area contributed by atoms with E-state index in [2.05, 4.69) is 5.32 Å². The first kappa shape index (κ1) is 17.7. The Hall–Kier alpha value is -2.69. The summed E-state index contributed by atoms with van der Waals surface area (Å²) in [5.74, 6) is 1.98. The molecule has 0 spiro atoms. The van der Waals surface area contributed by atoms with E-state index in [9.17, 15) is 4.79 Å². The largest absolute Gasteiger partial charge is 0.490 e. The first-order chi connectivity index (χ1) is 11.7. The van der Waals surface area contributed by atoms with Gasteiger partial charge in [0.1, 0.15) is 5.76 Å². The van der Waals surface area contributed by atoms with Crippen LogP contribution in [0.4, 0.5) is 0 Å². The zero-order valence-corrected chi connectivity index (χ0v) is 14.1. The molecule has 0 saturated carbocycles. The summed E-state index contributed by atoms with van der Waals surface area (Å²) in [6.45, 7) is 5.60. The fourth-order valence-electron chi connectivity index (χ4n) is 2.18. The highest BCUT2D eigenvalue weighted by Gasteiger charge is 2.06. The highest BCUT2D eigenvalue weighted by Crippen LogP contribution is 2.28. The van der Waals surface area contributed by atoms with E-state index in [1.165, 1.54) is 6.08 Å². The number of ether oxygens (including phenoxy) is 2. The van der Waals surface area contributed by atoms with Crippen molar-refractivity contribution in [3.05, 3.63) is 54.0 Å². The number of amides is 1. The van der Waals surface area contributed by atoms with Gasteiger partial charge in [0, 0.05) is 12.6 Å². The van der Waals surface area contributed by atoms with Gasteiger partial charge >= 0.3 is 0 Å². The maximum absolute atomic E-state index is 11.8. The van der Waals surface area contributed by atoms with Gasteiger partial charge in [-0.05, 0) is 56.2 Å². The van der Waals surface area contributed by atoms with E-state index >= 15 is 0 Å². The van der Waals surface area contributed by atoms with Crippen LogP contribution in [0.5, 0.6) is 11.5 Å². The van der Waals surface area contributed by atoms with Crippen LogP contribution < -0.4 is 14.8 Å². The predicted molar refractivity (Wildman–Crippen MR) is 93.2 cm³/mol. The van der Waals surface area contributed by atoms with Crippen LogP contribution in [0.15, 0.2) is 47.1 Å². The summed E-state index contributed by atoms with van der Waals surface area (Å²) in [7, 11) is 0. The van der Waals surface area contributed by atoms with Crippen LogP contribution in [0.1, 0.15) is 25.2 Å². The van der Waals surface area contributed by atoms with Crippen LogP contribution in [0.2, 0.25) is 0 Å². The summed E-state index contributed by atoms with van der Waals surface area (Å²) in [6.07, 6.45) is 5.38. The molecule has 1 aromatic carbocycles. The Kier molecular flexibility index (Phi) is 6.95. The van der Waals surface area contributed by atoms with Crippen molar-refractivity contribution in [1.29, 1.82) is 0 Å². The van der Waals surface area contributed by atoms with Crippen LogP contribution in [-0.4, -0.2) is 25.7 Å². The maximum Gasteiger partial charge on any atom is 0.244 e. The lowest BCUT2D eigenvalue weighted by Crippen LogP contribution is -2.23. The fraction of sp³-hybridized carbons (Fsp3) is 0.316. The number of nitrogens with one attached hydrogen (secondary N) is 1. The van der Waals surface area contributed by atoms with Gasteiger partial charge in [-0.1, -0.05) is 6.07 Å². The first-order valence-electron chi connectivity index (χ1n) is 8.10. The van der Waals surface area contributed by atoms with Gasteiger partial charge in [-0.3, -0.25) is 4.79 Å². The lowest BCUT2D eigenvalue weighted by atomic mass is 10.1. The molecule has 2 rings (SSSR count). The average molecular weight is 329 g/mol. The second kappa shape index (κ2) is 9.45. The Morgan fingerprint density at radius 3 is 2.67 bits per heavy atom. The molecule has 0 saturated heterocycles. The van der Waals surface area contributed by atoms with Crippen molar-refractivity contribution in [3.8, 4) is 11.5 Å². The minimum atomic E-state index is -0.151. The fourth-order valence-corrected chi connectivity index (χ4v) is 2.18. The maximum atomic E-state index is 11.8. The van der Waals surface area contributed by atoms with E-state index in [1.54, 1.807) is 24.5 Å². The molecule has 1 heterocycles. The van der Waals surface area contributed by atoms with Gasteiger partial charge in [0.05, 0.1) is 19.5 Å². The van der Waals surface area contributed by atoms with Crippen LogP contribution in [0.3, 0.4) is 0 Å². The second-order valence-corrected chi connectivity index (χ2v) is 5.04. The molecule has 1 amide bonds. The summed E-state index contributed by atoms with van der Waals surface area (Å²) >= 11 is 0.